The summed E-state index contributed by atoms with van der Waals surface area (Å²) in [4.78, 5) is 65.0. The van der Waals surface area contributed by atoms with Crippen molar-refractivity contribution >= 4 is 57.2 Å². The van der Waals surface area contributed by atoms with E-state index in [0.29, 0.717) is 54.3 Å². The Hall–Kier alpha value is -5.11. The number of carbonyl (C=O) groups is 3. The van der Waals surface area contributed by atoms with Crippen LogP contribution < -0.4 is 0 Å². The highest BCUT2D eigenvalue weighted by atomic mass is 16.5. The van der Waals surface area contributed by atoms with Crippen LogP contribution in [0.5, 0.6) is 0 Å². The molecule has 5 rings (SSSR count). The fraction of sp³-hybridized carbons (Fsp3) is 0.500. The van der Waals surface area contributed by atoms with Gasteiger partial charge in [0.15, 0.2) is 0 Å². The number of nitrogens with zero attached hydrogens (tertiary/aromatic N) is 5. The van der Waals surface area contributed by atoms with Crippen LogP contribution in [0.1, 0.15) is 96.0 Å². The number of nitrogens with one attached hydrogen (secondary N) is 2. The highest BCUT2D eigenvalue weighted by Crippen LogP contribution is 2.44. The summed E-state index contributed by atoms with van der Waals surface area (Å²) >= 11 is 0. The molecule has 59 heavy (non-hydrogen) atoms. The molecule has 2 aliphatic rings. The lowest BCUT2D eigenvalue weighted by atomic mass is 9.84. The maximum absolute atomic E-state index is 14.3. The lowest BCUT2D eigenvalue weighted by Gasteiger charge is -2.19. The molecule has 0 fully saturated rings. The first-order chi connectivity index (χ1) is 28.0. The summed E-state index contributed by atoms with van der Waals surface area (Å²) in [6.07, 6.45) is 2.95. The molecule has 13 heteroatoms. The third-order valence-corrected chi connectivity index (χ3v) is 11.3. The summed E-state index contributed by atoms with van der Waals surface area (Å²) in [5, 5.41) is 0. The van der Waals surface area contributed by atoms with E-state index in [1.807, 2.05) is 82.1 Å². The number of aryl methyl sites for hydroxylation is 3. The van der Waals surface area contributed by atoms with Gasteiger partial charge in [-0.2, -0.15) is 0 Å². The standard InChI is InChI=1S/C46H63N7O6/c1-13-31-27(3)35-24-37-29(5)33(15-16-41(54)57-20-17-51(7)8)44(49-37)34(23-42(55)58-21-18-52(9)10)45-43(46(56)59-22-19-53(11)12)30(6)38(50-45)26-40-32(14-2)28(4)36(48-40)25-39(31)47-35/h13,24-26,29,33,47-48H,1,14-23H2,2-12H3/t29-,33-/m0/s1. The van der Waals surface area contributed by atoms with E-state index in [9.17, 15) is 14.4 Å². The number of esters is 3. The fourth-order valence-electron chi connectivity index (χ4n) is 7.70. The lowest BCUT2D eigenvalue weighted by Crippen LogP contribution is -2.22. The van der Waals surface area contributed by atoms with Gasteiger partial charge in [-0.3, -0.25) is 14.6 Å². The Bertz CT molecular complexity index is 2260. The number of H-pyrrole nitrogens is 2. The molecule has 0 aliphatic carbocycles. The van der Waals surface area contributed by atoms with Crippen molar-refractivity contribution in [1.29, 1.82) is 0 Å². The van der Waals surface area contributed by atoms with E-state index < -0.39 is 11.9 Å². The molecule has 0 saturated carbocycles. The van der Waals surface area contributed by atoms with E-state index >= 15 is 0 Å². The predicted molar refractivity (Wildman–Crippen MR) is 235 cm³/mol. The topological polar surface area (TPSA) is 146 Å². The monoisotopic (exact) mass is 809 g/mol. The van der Waals surface area contributed by atoms with E-state index in [0.717, 1.165) is 56.4 Å². The summed E-state index contributed by atoms with van der Waals surface area (Å²) in [7, 11) is 11.5. The average Bonchev–Trinajstić information content (AvgIpc) is 3.85. The van der Waals surface area contributed by atoms with Crippen molar-refractivity contribution in [3.63, 3.8) is 0 Å². The molecule has 3 aromatic heterocycles. The first-order valence-electron chi connectivity index (χ1n) is 20.6. The summed E-state index contributed by atoms with van der Waals surface area (Å²) in [6, 6.07) is 6.13. The molecule has 0 saturated heterocycles. The molecule has 2 N–H and O–H groups in total. The number of ether oxygens (including phenoxy) is 3. The van der Waals surface area contributed by atoms with Crippen LogP contribution in [0.25, 0.3) is 39.3 Å². The molecule has 13 nitrogen and oxygen atoms in total. The fourth-order valence-corrected chi connectivity index (χ4v) is 7.70. The van der Waals surface area contributed by atoms with Crippen molar-refractivity contribution < 1.29 is 28.6 Å². The van der Waals surface area contributed by atoms with Crippen LogP contribution in [0.15, 0.2) is 24.8 Å². The van der Waals surface area contributed by atoms with Gasteiger partial charge < -0.3 is 38.9 Å². The van der Waals surface area contributed by atoms with Gasteiger partial charge in [0.1, 0.15) is 19.8 Å². The minimum absolute atomic E-state index is 0.135. The third-order valence-electron chi connectivity index (χ3n) is 11.3. The minimum atomic E-state index is -0.537. The number of rotatable bonds is 17. The van der Waals surface area contributed by atoms with Gasteiger partial charge >= 0.3 is 17.9 Å². The summed E-state index contributed by atoms with van der Waals surface area (Å²) in [5.41, 5.74) is 11.4. The van der Waals surface area contributed by atoms with Crippen molar-refractivity contribution in [3.8, 4) is 0 Å². The molecule has 5 heterocycles. The number of fused-ring (bicyclic) bond motifs is 8. The zero-order valence-electron chi connectivity index (χ0n) is 36.9. The van der Waals surface area contributed by atoms with Gasteiger partial charge in [-0.05, 0) is 116 Å². The summed E-state index contributed by atoms with van der Waals surface area (Å²) < 4.78 is 17.3. The number of allylic oxidation sites excluding steroid dienone is 1. The van der Waals surface area contributed by atoms with Gasteiger partial charge in [0.2, 0.25) is 0 Å². The maximum atomic E-state index is 14.3. The molecule has 0 aromatic carbocycles. The van der Waals surface area contributed by atoms with Gasteiger partial charge in [-0.15, -0.1) is 0 Å². The Morgan fingerprint density at radius 2 is 1.36 bits per heavy atom. The molecule has 0 unspecified atom stereocenters. The van der Waals surface area contributed by atoms with Crippen molar-refractivity contribution in [1.82, 2.24) is 34.6 Å². The van der Waals surface area contributed by atoms with Crippen LogP contribution in [-0.4, -0.2) is 134 Å². The Kier molecular flexibility index (Phi) is 15.1. The zero-order chi connectivity index (χ0) is 43.1. The largest absolute Gasteiger partial charge is 0.464 e. The molecule has 0 radical (unpaired) electrons. The highest BCUT2D eigenvalue weighted by molar-refractivity contribution is 6.25. The van der Waals surface area contributed by atoms with Gasteiger partial charge in [-0.25, -0.2) is 9.78 Å². The van der Waals surface area contributed by atoms with Crippen LogP contribution in [-0.2, 0) is 41.4 Å². The number of hydrogen-bond acceptors (Lipinski definition) is 11. The van der Waals surface area contributed by atoms with Crippen LogP contribution in [0.3, 0.4) is 0 Å². The second-order valence-corrected chi connectivity index (χ2v) is 16.4. The molecule has 0 amide bonds. The molecule has 2 atom stereocenters. The van der Waals surface area contributed by atoms with Crippen LogP contribution in [0.4, 0.5) is 0 Å². The van der Waals surface area contributed by atoms with E-state index in [-0.39, 0.29) is 56.0 Å². The number of carbonyl (C=O) groups excluding carboxylic acids is 3. The van der Waals surface area contributed by atoms with Crippen LogP contribution in [0.2, 0.25) is 0 Å². The number of hydrogen-bond donors (Lipinski definition) is 2. The summed E-state index contributed by atoms with van der Waals surface area (Å²) in [5.74, 6) is -1.84. The molecule has 2 aliphatic heterocycles. The average molecular weight is 810 g/mol. The molecular weight excluding hydrogens is 747 g/mol. The van der Waals surface area contributed by atoms with Crippen LogP contribution in [0, 0.1) is 13.8 Å². The van der Waals surface area contributed by atoms with E-state index in [1.54, 1.807) is 0 Å². The second kappa shape index (κ2) is 19.8. The molecular formula is C46H63N7O6. The smallest absolute Gasteiger partial charge is 0.340 e. The Morgan fingerprint density at radius 3 is 1.97 bits per heavy atom. The van der Waals surface area contributed by atoms with Gasteiger partial charge in [0.05, 0.1) is 29.1 Å². The van der Waals surface area contributed by atoms with Crippen molar-refractivity contribution in [2.24, 2.45) is 0 Å². The zero-order valence-corrected chi connectivity index (χ0v) is 36.9. The number of aromatic amines is 2. The second-order valence-electron chi connectivity index (χ2n) is 16.4. The SMILES string of the molecule is C=Cc1c(C)c2cc3nc(c(CC(=O)OCCN(C)C)c4nc(cc5[nH]c(cc1[nH]2)c(C)c5CC)C(C)=C4C(=O)OCCN(C)C)[C@@H](CCC(=O)OCCN(C)C)[C@@H]3C. The van der Waals surface area contributed by atoms with E-state index in [1.165, 1.54) is 0 Å². The van der Waals surface area contributed by atoms with E-state index in [4.69, 9.17) is 24.2 Å². The molecule has 318 valence electrons. The highest BCUT2D eigenvalue weighted by Gasteiger charge is 2.36. The van der Waals surface area contributed by atoms with Crippen molar-refractivity contribution in [2.45, 2.75) is 72.1 Å². The minimum Gasteiger partial charge on any atom is -0.464 e. The Morgan fingerprint density at radius 1 is 0.763 bits per heavy atom. The lowest BCUT2D eigenvalue weighted by molar-refractivity contribution is -0.144. The van der Waals surface area contributed by atoms with Gasteiger partial charge in [-0.1, -0.05) is 26.5 Å². The predicted octanol–water partition coefficient (Wildman–Crippen LogP) is 6.59. The quantitative estimate of drug-likeness (QED) is 0.113. The van der Waals surface area contributed by atoms with Crippen LogP contribution >= 0.6 is 0 Å². The van der Waals surface area contributed by atoms with Crippen molar-refractivity contribution in [2.75, 3.05) is 81.7 Å². The number of aromatic nitrogens is 4. The summed E-state index contributed by atoms with van der Waals surface area (Å²) in [6.45, 7) is 16.7. The Balaban J connectivity index is 1.87. The van der Waals surface area contributed by atoms with Crippen molar-refractivity contribution in [3.05, 3.63) is 75.4 Å². The first-order valence-corrected chi connectivity index (χ1v) is 20.6. The molecule has 3 aromatic rings. The number of likely N-dealkylation sites (N-methyl/N-ethyl adjacent to an activating group) is 3. The Labute approximate surface area is 348 Å². The first kappa shape index (κ1) is 45.0. The molecule has 8 bridgehead atoms. The van der Waals surface area contributed by atoms with Gasteiger partial charge in [0.25, 0.3) is 0 Å². The van der Waals surface area contributed by atoms with E-state index in [2.05, 4.69) is 50.3 Å². The maximum Gasteiger partial charge on any atom is 0.340 e. The normalized spacial score (nSPS) is 15.4. The van der Waals surface area contributed by atoms with Gasteiger partial charge in [0, 0.05) is 76.8 Å². The molecule has 0 spiro atoms. The third kappa shape index (κ3) is 10.6.